The zero-order valence-electron chi connectivity index (χ0n) is 8.16. The van der Waals surface area contributed by atoms with Crippen molar-refractivity contribution in [2.75, 3.05) is 12.5 Å². The van der Waals surface area contributed by atoms with Crippen molar-refractivity contribution in [1.82, 2.24) is 0 Å². The zero-order chi connectivity index (χ0) is 11.0. The van der Waals surface area contributed by atoms with Crippen LogP contribution in [-0.2, 0) is 19.1 Å². The van der Waals surface area contributed by atoms with Gasteiger partial charge in [-0.15, -0.1) is 11.6 Å². The van der Waals surface area contributed by atoms with Gasteiger partial charge in [-0.2, -0.15) is 0 Å². The molecular formula is C9H13ClO4. The summed E-state index contributed by atoms with van der Waals surface area (Å²) in [5.41, 5.74) is 0. The number of alkyl halides is 1. The van der Waals surface area contributed by atoms with E-state index in [0.717, 1.165) is 12.2 Å². The smallest absolute Gasteiger partial charge is 0.331 e. The molecule has 0 unspecified atom stereocenters. The van der Waals surface area contributed by atoms with Crippen LogP contribution in [0, 0.1) is 0 Å². The Morgan fingerprint density at radius 2 is 1.86 bits per heavy atom. The summed E-state index contributed by atoms with van der Waals surface area (Å²) in [5, 5.41) is 0. The van der Waals surface area contributed by atoms with Gasteiger partial charge in [0.25, 0.3) is 0 Å². The first kappa shape index (κ1) is 13.0. The summed E-state index contributed by atoms with van der Waals surface area (Å²) >= 11 is 5.28. The summed E-state index contributed by atoms with van der Waals surface area (Å²) in [7, 11) is 0. The second-order valence-electron chi connectivity index (χ2n) is 2.68. The summed E-state index contributed by atoms with van der Waals surface area (Å²) in [4.78, 5) is 21.7. The van der Waals surface area contributed by atoms with Crippen LogP contribution in [0.3, 0.4) is 0 Å². The highest BCUT2D eigenvalue weighted by molar-refractivity contribution is 6.18. The fraction of sp³-hybridized carbons (Fsp3) is 0.556. The molecule has 0 N–H and O–H groups in total. The molecule has 0 aliphatic carbocycles. The van der Waals surface area contributed by atoms with E-state index in [4.69, 9.17) is 16.3 Å². The van der Waals surface area contributed by atoms with Crippen molar-refractivity contribution < 1.29 is 19.1 Å². The number of rotatable bonds is 5. The first-order chi connectivity index (χ1) is 6.56. The Morgan fingerprint density at radius 3 is 2.36 bits per heavy atom. The van der Waals surface area contributed by atoms with E-state index in [1.807, 2.05) is 0 Å². The Bertz CT molecular complexity index is 223. The van der Waals surface area contributed by atoms with Crippen LogP contribution in [0.2, 0.25) is 0 Å². The van der Waals surface area contributed by atoms with E-state index in [-0.39, 0.29) is 18.6 Å². The molecule has 0 aliphatic rings. The third kappa shape index (κ3) is 7.61. The predicted octanol–water partition coefficient (Wildman–Crippen LogP) is 1.28. The van der Waals surface area contributed by atoms with Crippen LogP contribution in [0.4, 0.5) is 0 Å². The molecule has 0 atom stereocenters. The van der Waals surface area contributed by atoms with Gasteiger partial charge in [0, 0.05) is 12.2 Å². The molecule has 0 amide bonds. The Morgan fingerprint density at radius 1 is 1.29 bits per heavy atom. The standard InChI is InChI=1S/C9H13ClO4/c1-7(2)14-9(12)4-3-8(11)13-6-5-10/h3-4,7H,5-6H2,1-2H3. The molecule has 80 valence electrons. The Hall–Kier alpha value is -1.03. The average molecular weight is 221 g/mol. The van der Waals surface area contributed by atoms with Crippen molar-refractivity contribution in [3.05, 3.63) is 12.2 Å². The fourth-order valence-corrected chi connectivity index (χ4v) is 0.672. The minimum atomic E-state index is -0.605. The lowest BCUT2D eigenvalue weighted by molar-refractivity contribution is -0.142. The maximum atomic E-state index is 10.9. The molecule has 0 aromatic rings. The largest absolute Gasteiger partial charge is 0.461 e. The first-order valence-electron chi connectivity index (χ1n) is 4.17. The van der Waals surface area contributed by atoms with Gasteiger partial charge in [-0.3, -0.25) is 0 Å². The van der Waals surface area contributed by atoms with Gasteiger partial charge >= 0.3 is 11.9 Å². The Balaban J connectivity index is 3.79. The molecule has 0 spiro atoms. The molecule has 0 rings (SSSR count). The molecule has 0 heterocycles. The highest BCUT2D eigenvalue weighted by Gasteiger charge is 2.02. The van der Waals surface area contributed by atoms with Crippen molar-refractivity contribution in [3.8, 4) is 0 Å². The van der Waals surface area contributed by atoms with E-state index < -0.39 is 11.9 Å². The summed E-state index contributed by atoms with van der Waals surface area (Å²) in [5.74, 6) is -0.940. The second kappa shape index (κ2) is 7.38. The molecule has 14 heavy (non-hydrogen) atoms. The molecule has 5 heteroatoms. The van der Waals surface area contributed by atoms with E-state index in [9.17, 15) is 9.59 Å². The van der Waals surface area contributed by atoms with Crippen LogP contribution in [0.5, 0.6) is 0 Å². The third-order valence-corrected chi connectivity index (χ3v) is 1.18. The van der Waals surface area contributed by atoms with Gasteiger partial charge in [0.05, 0.1) is 12.0 Å². The monoisotopic (exact) mass is 220 g/mol. The van der Waals surface area contributed by atoms with Crippen LogP contribution >= 0.6 is 11.6 Å². The summed E-state index contributed by atoms with van der Waals surface area (Å²) in [6, 6.07) is 0. The van der Waals surface area contributed by atoms with E-state index in [0.29, 0.717) is 0 Å². The zero-order valence-corrected chi connectivity index (χ0v) is 8.91. The summed E-state index contributed by atoms with van der Waals surface area (Å²) in [6.45, 7) is 3.57. The molecule has 0 fully saturated rings. The van der Waals surface area contributed by atoms with Crippen molar-refractivity contribution in [2.45, 2.75) is 20.0 Å². The van der Waals surface area contributed by atoms with Crippen molar-refractivity contribution in [3.63, 3.8) is 0 Å². The minimum Gasteiger partial charge on any atom is -0.461 e. The van der Waals surface area contributed by atoms with Gasteiger partial charge in [0.2, 0.25) is 0 Å². The topological polar surface area (TPSA) is 52.6 Å². The van der Waals surface area contributed by atoms with Crippen molar-refractivity contribution in [2.24, 2.45) is 0 Å². The highest BCUT2D eigenvalue weighted by Crippen LogP contribution is 1.91. The van der Waals surface area contributed by atoms with Gasteiger partial charge in [0.1, 0.15) is 6.61 Å². The van der Waals surface area contributed by atoms with Gasteiger partial charge in [-0.25, -0.2) is 9.59 Å². The maximum absolute atomic E-state index is 10.9. The molecule has 4 nitrogen and oxygen atoms in total. The van der Waals surface area contributed by atoms with Gasteiger partial charge in [-0.1, -0.05) is 0 Å². The Labute approximate surface area is 87.8 Å². The molecule has 0 bridgehead atoms. The van der Waals surface area contributed by atoms with Gasteiger partial charge < -0.3 is 9.47 Å². The van der Waals surface area contributed by atoms with Gasteiger partial charge in [0.15, 0.2) is 0 Å². The normalized spacial score (nSPS) is 10.6. The molecule has 0 aromatic heterocycles. The quantitative estimate of drug-likeness (QED) is 0.398. The van der Waals surface area contributed by atoms with Crippen LogP contribution in [0.15, 0.2) is 12.2 Å². The second-order valence-corrected chi connectivity index (χ2v) is 3.05. The number of hydrogen-bond donors (Lipinski definition) is 0. The SMILES string of the molecule is CC(C)OC(=O)C=CC(=O)OCCCl. The van der Waals surface area contributed by atoms with Crippen molar-refractivity contribution in [1.29, 1.82) is 0 Å². The number of esters is 2. The number of carbonyl (C=O) groups is 2. The molecule has 0 aromatic carbocycles. The summed E-state index contributed by atoms with van der Waals surface area (Å²) < 4.78 is 9.33. The van der Waals surface area contributed by atoms with E-state index in [1.165, 1.54) is 0 Å². The van der Waals surface area contributed by atoms with Crippen molar-refractivity contribution >= 4 is 23.5 Å². The molecule has 0 radical (unpaired) electrons. The number of halogens is 1. The number of ether oxygens (including phenoxy) is 2. The van der Waals surface area contributed by atoms with E-state index in [1.54, 1.807) is 13.8 Å². The number of carbonyl (C=O) groups excluding carboxylic acids is 2. The van der Waals surface area contributed by atoms with Crippen LogP contribution in [0.1, 0.15) is 13.8 Å². The summed E-state index contributed by atoms with van der Waals surface area (Å²) in [6.07, 6.45) is 1.83. The predicted molar refractivity (Wildman–Crippen MR) is 52.0 cm³/mol. The number of hydrogen-bond acceptors (Lipinski definition) is 4. The average Bonchev–Trinajstić information content (AvgIpc) is 2.10. The lowest BCUT2D eigenvalue weighted by Gasteiger charge is -2.03. The highest BCUT2D eigenvalue weighted by atomic mass is 35.5. The third-order valence-electron chi connectivity index (χ3n) is 1.03. The first-order valence-corrected chi connectivity index (χ1v) is 4.71. The molecular weight excluding hydrogens is 208 g/mol. The minimum absolute atomic E-state index is 0.129. The maximum Gasteiger partial charge on any atom is 0.331 e. The molecule has 0 saturated heterocycles. The molecule has 0 aliphatic heterocycles. The van der Waals surface area contributed by atoms with E-state index >= 15 is 0 Å². The van der Waals surface area contributed by atoms with Crippen LogP contribution < -0.4 is 0 Å². The van der Waals surface area contributed by atoms with Crippen LogP contribution in [-0.4, -0.2) is 30.5 Å². The van der Waals surface area contributed by atoms with E-state index in [2.05, 4.69) is 4.74 Å². The lowest BCUT2D eigenvalue weighted by atomic mass is 10.4. The lowest BCUT2D eigenvalue weighted by Crippen LogP contribution is -2.10. The van der Waals surface area contributed by atoms with Gasteiger partial charge in [-0.05, 0) is 13.8 Å². The van der Waals surface area contributed by atoms with Crippen LogP contribution in [0.25, 0.3) is 0 Å². The Kier molecular flexibility index (Phi) is 6.84. The fourth-order valence-electron chi connectivity index (χ4n) is 0.595. The molecule has 0 saturated carbocycles.